The number of hydrogen-bond acceptors (Lipinski definition) is 6. The zero-order valence-electron chi connectivity index (χ0n) is 14.1. The number of aliphatic hydroxyl groups excluding tert-OH is 1. The quantitative estimate of drug-likeness (QED) is 0.593. The molecule has 0 aliphatic heterocycles. The van der Waals surface area contributed by atoms with E-state index in [1.807, 2.05) is 0 Å². The van der Waals surface area contributed by atoms with Crippen molar-refractivity contribution in [2.24, 2.45) is 0 Å². The fourth-order valence-electron chi connectivity index (χ4n) is 2.56. The maximum Gasteiger partial charge on any atom is 0.241 e. The van der Waals surface area contributed by atoms with Crippen molar-refractivity contribution in [2.75, 3.05) is 18.9 Å². The Kier molecular flexibility index (Phi) is 5.45. The number of hydrogen-bond donors (Lipinski definition) is 3. The van der Waals surface area contributed by atoms with Gasteiger partial charge < -0.3 is 10.8 Å². The third kappa shape index (κ3) is 4.11. The summed E-state index contributed by atoms with van der Waals surface area (Å²) < 4.78 is 41.8. The van der Waals surface area contributed by atoms with Crippen LogP contribution in [0.4, 0.5) is 10.2 Å². The minimum Gasteiger partial charge on any atom is -0.395 e. The van der Waals surface area contributed by atoms with E-state index >= 15 is 0 Å². The zero-order chi connectivity index (χ0) is 19.4. The maximum atomic E-state index is 14.7. The molecule has 0 amide bonds. The van der Waals surface area contributed by atoms with Crippen LogP contribution in [-0.2, 0) is 10.0 Å². The first-order chi connectivity index (χ1) is 12.9. The molecule has 140 valence electrons. The molecule has 2 aromatic carbocycles. The summed E-state index contributed by atoms with van der Waals surface area (Å²) in [5.41, 5.74) is 6.77. The number of anilines is 1. The fraction of sp³-hybridized carbons (Fsp3) is 0.111. The van der Waals surface area contributed by atoms with Gasteiger partial charge in [-0.25, -0.2) is 22.5 Å². The van der Waals surface area contributed by atoms with Crippen LogP contribution in [0.5, 0.6) is 0 Å². The topological polar surface area (TPSA) is 118 Å². The predicted octanol–water partition coefficient (Wildman–Crippen LogP) is 1.80. The van der Waals surface area contributed by atoms with E-state index in [1.165, 1.54) is 30.6 Å². The highest BCUT2D eigenvalue weighted by Crippen LogP contribution is 2.30. The number of rotatable bonds is 6. The van der Waals surface area contributed by atoms with Crippen LogP contribution < -0.4 is 10.5 Å². The molecular formula is C18H17FN4O3S. The molecule has 3 aromatic rings. The molecular weight excluding hydrogens is 371 g/mol. The Balaban J connectivity index is 2.03. The van der Waals surface area contributed by atoms with Gasteiger partial charge in [0.1, 0.15) is 11.6 Å². The monoisotopic (exact) mass is 388 g/mol. The molecule has 0 aliphatic carbocycles. The molecule has 0 saturated heterocycles. The Morgan fingerprint density at radius 2 is 1.85 bits per heavy atom. The van der Waals surface area contributed by atoms with Crippen molar-refractivity contribution in [2.45, 2.75) is 4.90 Å². The maximum absolute atomic E-state index is 14.7. The van der Waals surface area contributed by atoms with Crippen molar-refractivity contribution in [3.8, 4) is 22.4 Å². The predicted molar refractivity (Wildman–Crippen MR) is 99.5 cm³/mol. The molecule has 3 rings (SSSR count). The third-order valence-corrected chi connectivity index (χ3v) is 5.33. The third-order valence-electron chi connectivity index (χ3n) is 3.81. The van der Waals surface area contributed by atoms with Crippen LogP contribution in [0.25, 0.3) is 22.4 Å². The van der Waals surface area contributed by atoms with Crippen molar-refractivity contribution in [3.05, 3.63) is 60.7 Å². The Hall–Kier alpha value is -2.88. The number of aromatic nitrogens is 2. The van der Waals surface area contributed by atoms with E-state index in [2.05, 4.69) is 14.7 Å². The van der Waals surface area contributed by atoms with Crippen molar-refractivity contribution >= 4 is 15.8 Å². The summed E-state index contributed by atoms with van der Waals surface area (Å²) >= 11 is 0. The minimum absolute atomic E-state index is 0.00197. The van der Waals surface area contributed by atoms with Gasteiger partial charge in [-0.2, -0.15) is 0 Å². The number of sulfonamides is 1. The summed E-state index contributed by atoms with van der Waals surface area (Å²) in [5, 5.41) is 8.86. The highest BCUT2D eigenvalue weighted by atomic mass is 32.2. The molecule has 0 aliphatic rings. The Morgan fingerprint density at radius 3 is 2.52 bits per heavy atom. The van der Waals surface area contributed by atoms with Crippen LogP contribution in [0, 0.1) is 5.82 Å². The van der Waals surface area contributed by atoms with Gasteiger partial charge in [0, 0.05) is 17.7 Å². The van der Waals surface area contributed by atoms with E-state index in [-0.39, 0.29) is 29.4 Å². The number of nitrogens with one attached hydrogen (secondary N) is 1. The van der Waals surface area contributed by atoms with E-state index in [1.54, 1.807) is 24.3 Å². The van der Waals surface area contributed by atoms with E-state index in [0.29, 0.717) is 16.8 Å². The SMILES string of the molecule is Nc1cnc(-c2ccc(-c3ccccc3S(=O)(=O)NCCO)cc2F)cn1. The van der Waals surface area contributed by atoms with Crippen molar-refractivity contribution in [1.29, 1.82) is 0 Å². The van der Waals surface area contributed by atoms with E-state index < -0.39 is 15.8 Å². The molecule has 1 aromatic heterocycles. The van der Waals surface area contributed by atoms with Gasteiger partial charge in [-0.05, 0) is 23.8 Å². The van der Waals surface area contributed by atoms with Gasteiger partial charge in [-0.3, -0.25) is 4.98 Å². The second-order valence-electron chi connectivity index (χ2n) is 5.64. The molecule has 0 spiro atoms. The van der Waals surface area contributed by atoms with E-state index in [4.69, 9.17) is 10.8 Å². The standard InChI is InChI=1S/C18H17FN4O3S/c19-15-9-12(5-6-14(15)16-10-22-18(20)11-21-16)13-3-1-2-4-17(13)27(25,26)23-7-8-24/h1-6,9-11,23-24H,7-8H2,(H2,20,22). The molecule has 0 unspecified atom stereocenters. The lowest BCUT2D eigenvalue weighted by molar-refractivity contribution is 0.301. The molecule has 0 radical (unpaired) electrons. The van der Waals surface area contributed by atoms with Crippen LogP contribution in [0.1, 0.15) is 0 Å². The first-order valence-corrected chi connectivity index (χ1v) is 9.48. The number of halogens is 1. The van der Waals surface area contributed by atoms with Crippen LogP contribution in [0.2, 0.25) is 0 Å². The highest BCUT2D eigenvalue weighted by Gasteiger charge is 2.19. The van der Waals surface area contributed by atoms with Gasteiger partial charge in [0.2, 0.25) is 10.0 Å². The lowest BCUT2D eigenvalue weighted by Gasteiger charge is -2.12. The first-order valence-electron chi connectivity index (χ1n) is 8.00. The molecule has 4 N–H and O–H groups in total. The number of nitrogens with zero attached hydrogens (tertiary/aromatic N) is 2. The number of nitrogens with two attached hydrogens (primary N) is 1. The van der Waals surface area contributed by atoms with Crippen LogP contribution in [0.15, 0.2) is 59.8 Å². The summed E-state index contributed by atoms with van der Waals surface area (Å²) in [7, 11) is -3.85. The average molecular weight is 388 g/mol. The van der Waals surface area contributed by atoms with Gasteiger partial charge in [-0.1, -0.05) is 24.3 Å². The van der Waals surface area contributed by atoms with Gasteiger partial charge in [0.25, 0.3) is 0 Å². The van der Waals surface area contributed by atoms with E-state index in [9.17, 15) is 12.8 Å². The molecule has 27 heavy (non-hydrogen) atoms. The van der Waals surface area contributed by atoms with E-state index in [0.717, 1.165) is 0 Å². The van der Waals surface area contributed by atoms with Gasteiger partial charge in [0.05, 0.1) is 29.6 Å². The van der Waals surface area contributed by atoms with Crippen LogP contribution in [-0.4, -0.2) is 36.6 Å². The smallest absolute Gasteiger partial charge is 0.241 e. The molecule has 0 bridgehead atoms. The van der Waals surface area contributed by atoms with Gasteiger partial charge >= 0.3 is 0 Å². The summed E-state index contributed by atoms with van der Waals surface area (Å²) in [6, 6.07) is 10.6. The summed E-state index contributed by atoms with van der Waals surface area (Å²) in [5.74, 6) is -0.340. The second-order valence-corrected chi connectivity index (χ2v) is 7.37. The fourth-order valence-corrected chi connectivity index (χ4v) is 3.81. The zero-order valence-corrected chi connectivity index (χ0v) is 14.9. The normalized spacial score (nSPS) is 11.5. The van der Waals surface area contributed by atoms with Crippen molar-refractivity contribution in [1.82, 2.24) is 14.7 Å². The lowest BCUT2D eigenvalue weighted by atomic mass is 10.0. The molecule has 0 atom stereocenters. The molecule has 9 heteroatoms. The second kappa shape index (κ2) is 7.78. The van der Waals surface area contributed by atoms with Gasteiger partial charge in [0.15, 0.2) is 0 Å². The molecule has 7 nitrogen and oxygen atoms in total. The van der Waals surface area contributed by atoms with Crippen molar-refractivity contribution < 1.29 is 17.9 Å². The molecule has 1 heterocycles. The first kappa shape index (κ1) is 18.9. The number of aliphatic hydroxyl groups is 1. The highest BCUT2D eigenvalue weighted by molar-refractivity contribution is 7.89. The Morgan fingerprint density at radius 1 is 1.07 bits per heavy atom. The molecule has 0 fully saturated rings. The largest absolute Gasteiger partial charge is 0.395 e. The summed E-state index contributed by atoms with van der Waals surface area (Å²) in [4.78, 5) is 7.94. The van der Waals surface area contributed by atoms with Crippen LogP contribution >= 0.6 is 0 Å². The Bertz CT molecular complexity index is 1060. The average Bonchev–Trinajstić information content (AvgIpc) is 2.67. The minimum atomic E-state index is -3.85. The number of nitrogen functional groups attached to an aromatic ring is 1. The van der Waals surface area contributed by atoms with Crippen molar-refractivity contribution in [3.63, 3.8) is 0 Å². The molecule has 0 saturated carbocycles. The summed E-state index contributed by atoms with van der Waals surface area (Å²) in [6.07, 6.45) is 2.70. The van der Waals surface area contributed by atoms with Gasteiger partial charge in [-0.15, -0.1) is 0 Å². The van der Waals surface area contributed by atoms with Crippen LogP contribution in [0.3, 0.4) is 0 Å². The lowest BCUT2D eigenvalue weighted by Crippen LogP contribution is -2.27. The Labute approximate surface area is 155 Å². The number of benzene rings is 2. The summed E-state index contributed by atoms with van der Waals surface area (Å²) in [6.45, 7) is -0.437.